The van der Waals surface area contributed by atoms with Crippen LogP contribution in [0.25, 0.3) is 33.4 Å². The van der Waals surface area contributed by atoms with Crippen molar-refractivity contribution in [3.63, 3.8) is 0 Å². The first kappa shape index (κ1) is 61.8. The quantitative estimate of drug-likeness (QED) is 0.186. The third kappa shape index (κ3) is 13.3. The summed E-state index contributed by atoms with van der Waals surface area (Å²) in [6.07, 6.45) is 3.44. The summed E-state index contributed by atoms with van der Waals surface area (Å²) in [5.41, 5.74) is 10.5. The number of likely N-dealkylation sites (tertiary alicyclic amines) is 1. The van der Waals surface area contributed by atoms with Crippen LogP contribution in [0.2, 0.25) is 0 Å². The molecule has 3 fully saturated rings. The van der Waals surface area contributed by atoms with E-state index in [2.05, 4.69) is 82.1 Å². The highest BCUT2D eigenvalue weighted by Gasteiger charge is 2.41. The molecule has 0 spiro atoms. The Morgan fingerprint density at radius 3 is 2.36 bits per heavy atom. The van der Waals surface area contributed by atoms with E-state index in [1.807, 2.05) is 46.4 Å². The number of anilines is 1. The van der Waals surface area contributed by atoms with E-state index in [9.17, 15) is 19.2 Å². The Kier molecular flexibility index (Phi) is 21.9. The van der Waals surface area contributed by atoms with Crippen LogP contribution in [0.4, 0.5) is 10.5 Å². The van der Waals surface area contributed by atoms with Crippen LogP contribution < -0.4 is 15.6 Å². The van der Waals surface area contributed by atoms with Crippen molar-refractivity contribution < 1.29 is 28.7 Å². The molecule has 406 valence electrons. The number of ether oxygens (including phenoxy) is 2. The second-order valence-corrected chi connectivity index (χ2v) is 21.8. The number of nitrogens with zero attached hydrogens (tertiary/aromatic N) is 9. The molecular weight excluding hydrogens is 1020 g/mol. The van der Waals surface area contributed by atoms with Gasteiger partial charge in [-0.25, -0.2) is 15.2 Å². The molecule has 0 aliphatic carbocycles. The Labute approximate surface area is 464 Å². The molecule has 6 bridgehead atoms. The topological polar surface area (TPSA) is 161 Å². The maximum absolute atomic E-state index is 14.7. The molecule has 7 heterocycles. The van der Waals surface area contributed by atoms with Crippen molar-refractivity contribution in [2.75, 3.05) is 92.6 Å². The fourth-order valence-electron chi connectivity index (χ4n) is 10.3. The van der Waals surface area contributed by atoms with Crippen LogP contribution in [0.1, 0.15) is 76.8 Å². The smallest absolute Gasteiger partial charge is 0.324 e. The summed E-state index contributed by atoms with van der Waals surface area (Å²) in [5, 5.41) is 8.26. The minimum atomic E-state index is -1.04. The summed E-state index contributed by atoms with van der Waals surface area (Å²) in [7, 11) is 9.51. The average Bonchev–Trinajstić information content (AvgIpc) is 3.90. The number of nitrogens with one attached hydrogen (secondary N) is 2. The van der Waals surface area contributed by atoms with Gasteiger partial charge in [0.15, 0.2) is 0 Å². The monoisotopic (exact) mass is 1100 g/mol. The Balaban J connectivity index is 0.00000289. The van der Waals surface area contributed by atoms with Crippen molar-refractivity contribution in [2.24, 2.45) is 11.3 Å². The highest BCUT2D eigenvalue weighted by molar-refractivity contribution is 7.59. The van der Waals surface area contributed by atoms with Crippen molar-refractivity contribution in [2.45, 2.75) is 104 Å². The molecule has 3 saturated heterocycles. The zero-order valence-electron chi connectivity index (χ0n) is 44.5. The molecule has 1 aromatic carbocycles. The number of piperazine rings is 1. The van der Waals surface area contributed by atoms with Crippen LogP contribution >= 0.6 is 65.3 Å². The molecule has 73 heavy (non-hydrogen) atoms. The number of carbonyl (C=O) groups is 4. The number of aromatic nitrogens is 3. The summed E-state index contributed by atoms with van der Waals surface area (Å²) in [5.74, 6) is -1.51. The number of cyclic esters (lactones) is 1. The van der Waals surface area contributed by atoms with E-state index in [0.717, 1.165) is 76.5 Å². The minimum Gasteiger partial charge on any atom is -0.464 e. The zero-order valence-corrected chi connectivity index (χ0v) is 49.3. The minimum absolute atomic E-state index is 0. The highest BCUT2D eigenvalue weighted by Crippen LogP contribution is 2.43. The number of hydrazine groups is 1. The van der Waals surface area contributed by atoms with Gasteiger partial charge in [-0.3, -0.25) is 24.4 Å². The number of urea groups is 1. The van der Waals surface area contributed by atoms with Crippen molar-refractivity contribution in [3.05, 3.63) is 52.1 Å². The van der Waals surface area contributed by atoms with Gasteiger partial charge in [0, 0.05) is 112 Å². The first-order valence-electron chi connectivity index (χ1n) is 24.7. The molecule has 4 amide bonds. The van der Waals surface area contributed by atoms with E-state index in [4.69, 9.17) is 19.4 Å². The van der Waals surface area contributed by atoms with Crippen molar-refractivity contribution in [3.8, 4) is 22.5 Å². The predicted octanol–water partition coefficient (Wildman–Crippen LogP) is 5.73. The third-order valence-electron chi connectivity index (χ3n) is 14.6. The Hall–Kier alpha value is -3.74. The molecule has 4 aromatic rings. The Bertz CT molecular complexity index is 2540. The maximum Gasteiger partial charge on any atom is 0.324 e. The number of esters is 1. The van der Waals surface area contributed by atoms with Gasteiger partial charge in [0.2, 0.25) is 5.91 Å². The molecule has 4 atom stereocenters. The van der Waals surface area contributed by atoms with Gasteiger partial charge in [-0.1, -0.05) is 33.8 Å². The van der Waals surface area contributed by atoms with E-state index >= 15 is 0 Å². The van der Waals surface area contributed by atoms with Crippen LogP contribution in [0.15, 0.2) is 35.8 Å². The maximum atomic E-state index is 14.7. The van der Waals surface area contributed by atoms with Crippen molar-refractivity contribution in [1.82, 2.24) is 49.9 Å². The number of aryl methyl sites for hydroxylation is 1. The number of benzene rings is 1. The number of methoxy groups -OCH3 is 1. The lowest BCUT2D eigenvalue weighted by Crippen LogP contribution is -2.65. The number of pyridine rings is 1. The molecule has 4 aliphatic heterocycles. The number of rotatable bonds is 10. The second-order valence-electron chi connectivity index (χ2n) is 20.9. The van der Waals surface area contributed by atoms with Crippen molar-refractivity contribution in [1.29, 1.82) is 0 Å². The Morgan fingerprint density at radius 1 is 1.01 bits per heavy atom. The lowest BCUT2D eigenvalue weighted by molar-refractivity contribution is -0.155. The zero-order chi connectivity index (χ0) is 49.5. The summed E-state index contributed by atoms with van der Waals surface area (Å²) in [6, 6.07) is 6.15. The number of amides is 4. The van der Waals surface area contributed by atoms with Gasteiger partial charge >= 0.3 is 12.0 Å². The molecule has 22 heteroatoms. The summed E-state index contributed by atoms with van der Waals surface area (Å²) < 4.78 is 14.6. The normalized spacial score (nSPS) is 20.4. The van der Waals surface area contributed by atoms with Crippen LogP contribution in [-0.2, 0) is 43.2 Å². The number of hydrogen-bond acceptors (Lipinski definition) is 13. The standard InChI is InChI=1S/C51H73N11O6S.4H2S/c1-12-61-42-16-15-33-22-36(42)38(46(61)37-23-34(26-52-44(37)32(4)67-11)59-20-18-57(9)19-21-59)25-51(5,6)30-68-49(65)39-14-13-17-62(55-39)48(64)40(24-43-53-41(33)29-69-43)54-47(63)45(31(2)3)58(10)50(66)60-27-35(28-60)56(7)8;;;;/h15-16,22-23,26,29,31-32,35,39-40,45,55H,12-14,17-21,24-25,27-28,30H2,1-11H3,(H,54,63);4*1H2/t32-,39-,40-,45-;;;;/m0..../s1. The van der Waals surface area contributed by atoms with Crippen LogP contribution in [0.5, 0.6) is 0 Å². The summed E-state index contributed by atoms with van der Waals surface area (Å²) in [4.78, 5) is 77.2. The van der Waals surface area contributed by atoms with E-state index in [1.165, 1.54) is 21.2 Å². The summed E-state index contributed by atoms with van der Waals surface area (Å²) in [6.45, 7) is 18.3. The molecule has 4 aliphatic rings. The predicted molar refractivity (Wildman–Crippen MR) is 311 cm³/mol. The van der Waals surface area contributed by atoms with Crippen LogP contribution in [-0.4, -0.2) is 175 Å². The molecular formula is C51H81N11O6S5. The van der Waals surface area contributed by atoms with E-state index in [0.29, 0.717) is 50.4 Å². The average molecular weight is 1100 g/mol. The van der Waals surface area contributed by atoms with Gasteiger partial charge < -0.3 is 43.9 Å². The lowest BCUT2D eigenvalue weighted by Gasteiger charge is -2.45. The molecule has 0 saturated carbocycles. The number of likely N-dealkylation sites (N-methyl/N-ethyl adjacent to an activating group) is 3. The van der Waals surface area contributed by atoms with Gasteiger partial charge in [-0.05, 0) is 83.9 Å². The van der Waals surface area contributed by atoms with E-state index < -0.39 is 35.4 Å². The number of fused-ring (bicyclic) bond motifs is 6. The first-order valence-corrected chi connectivity index (χ1v) is 25.5. The second kappa shape index (κ2) is 25.9. The van der Waals surface area contributed by atoms with E-state index in [1.54, 1.807) is 19.1 Å². The van der Waals surface area contributed by atoms with Gasteiger partial charge in [-0.15, -0.1) is 11.3 Å². The summed E-state index contributed by atoms with van der Waals surface area (Å²) >= 11 is 1.44. The molecule has 17 nitrogen and oxygen atoms in total. The van der Waals surface area contributed by atoms with Crippen LogP contribution in [0, 0.1) is 11.3 Å². The SMILES string of the molecule is CCn1c(-c2cc(N3CCN(C)CC3)cnc2[C@H](C)OC)c2c3cc(ccc31)-c1csc(n1)C[C@H](NC(=O)[C@H](C(C)C)N(C)C(=O)N1CC(N(C)C)C1)C(=O)N1CCC[C@H](N1)C(=O)OCC(C)(C)C2.S.S.S.S. The van der Waals surface area contributed by atoms with Gasteiger partial charge in [0.25, 0.3) is 5.91 Å². The number of thiazole rings is 1. The van der Waals surface area contributed by atoms with Crippen molar-refractivity contribution >= 4 is 106 Å². The number of carbonyl (C=O) groups excluding carboxylic acids is 4. The van der Waals surface area contributed by atoms with Gasteiger partial charge in [0.05, 0.1) is 46.7 Å². The lowest BCUT2D eigenvalue weighted by atomic mass is 9.84. The molecule has 2 N–H and O–H groups in total. The Morgan fingerprint density at radius 2 is 1.71 bits per heavy atom. The van der Waals surface area contributed by atoms with Gasteiger partial charge in [-0.2, -0.15) is 54.0 Å². The molecule has 3 aromatic heterocycles. The fraction of sp³-hybridized carbons (Fsp3) is 0.608. The largest absolute Gasteiger partial charge is 0.464 e. The molecule has 8 rings (SSSR count). The first-order chi connectivity index (χ1) is 32.9. The molecule has 0 unspecified atom stereocenters. The van der Waals surface area contributed by atoms with E-state index in [-0.39, 0.29) is 97.0 Å². The van der Waals surface area contributed by atoms with Crippen LogP contribution in [0.3, 0.4) is 0 Å². The third-order valence-corrected chi connectivity index (χ3v) is 15.4. The highest BCUT2D eigenvalue weighted by atomic mass is 32.1. The fourth-order valence-corrected chi connectivity index (χ4v) is 11.2. The number of hydrogen-bond donors (Lipinski definition) is 2. The van der Waals surface area contributed by atoms with Gasteiger partial charge in [0.1, 0.15) is 18.1 Å². The molecule has 0 radical (unpaired) electrons.